The van der Waals surface area contributed by atoms with Gasteiger partial charge in [0.1, 0.15) is 0 Å². The van der Waals surface area contributed by atoms with Crippen molar-refractivity contribution in [2.75, 3.05) is 6.61 Å². The Bertz CT molecular complexity index is 359. The molecule has 0 saturated heterocycles. The molecule has 1 fully saturated rings. The summed E-state index contributed by atoms with van der Waals surface area (Å²) in [7, 11) is 0. The SMILES string of the molecule is OCCCc1cccc(C(F)(F)C2CC2)c1. The molecule has 0 bridgehead atoms. The summed E-state index contributed by atoms with van der Waals surface area (Å²) in [5.41, 5.74) is 1.01. The first-order chi connectivity index (χ1) is 7.64. The molecule has 2 rings (SSSR count). The molecule has 0 aliphatic heterocycles. The van der Waals surface area contributed by atoms with Crippen LogP contribution in [0.15, 0.2) is 24.3 Å². The highest BCUT2D eigenvalue weighted by Crippen LogP contribution is 2.49. The van der Waals surface area contributed by atoms with Gasteiger partial charge in [0.2, 0.25) is 0 Å². The van der Waals surface area contributed by atoms with E-state index in [9.17, 15) is 8.78 Å². The summed E-state index contributed by atoms with van der Waals surface area (Å²) in [6.45, 7) is 0.100. The third kappa shape index (κ3) is 2.40. The van der Waals surface area contributed by atoms with Crippen LogP contribution in [-0.4, -0.2) is 11.7 Å². The van der Waals surface area contributed by atoms with E-state index in [0.29, 0.717) is 25.7 Å². The van der Waals surface area contributed by atoms with E-state index in [-0.39, 0.29) is 12.2 Å². The Morgan fingerprint density at radius 3 is 2.69 bits per heavy atom. The third-order valence-electron chi connectivity index (χ3n) is 3.03. The number of rotatable bonds is 5. The molecule has 1 aliphatic rings. The van der Waals surface area contributed by atoms with Crippen molar-refractivity contribution in [3.8, 4) is 0 Å². The maximum atomic E-state index is 13.8. The van der Waals surface area contributed by atoms with Crippen LogP contribution >= 0.6 is 0 Å². The molecule has 1 aromatic rings. The van der Waals surface area contributed by atoms with Gasteiger partial charge in [-0.15, -0.1) is 0 Å². The fourth-order valence-electron chi connectivity index (χ4n) is 1.90. The molecule has 16 heavy (non-hydrogen) atoms. The summed E-state index contributed by atoms with van der Waals surface area (Å²) < 4.78 is 27.6. The van der Waals surface area contributed by atoms with Crippen LogP contribution < -0.4 is 0 Å². The Morgan fingerprint density at radius 1 is 1.31 bits per heavy atom. The lowest BCUT2D eigenvalue weighted by Crippen LogP contribution is -2.16. The molecule has 0 atom stereocenters. The van der Waals surface area contributed by atoms with Gasteiger partial charge in [0.15, 0.2) is 0 Å². The molecule has 0 spiro atoms. The van der Waals surface area contributed by atoms with Crippen molar-refractivity contribution in [3.63, 3.8) is 0 Å². The number of halogens is 2. The number of aliphatic hydroxyl groups is 1. The topological polar surface area (TPSA) is 20.2 Å². The van der Waals surface area contributed by atoms with E-state index in [1.807, 2.05) is 6.07 Å². The molecule has 88 valence electrons. The van der Waals surface area contributed by atoms with Gasteiger partial charge in [-0.05, 0) is 37.3 Å². The van der Waals surface area contributed by atoms with Gasteiger partial charge < -0.3 is 5.11 Å². The van der Waals surface area contributed by atoms with Crippen molar-refractivity contribution in [2.45, 2.75) is 31.6 Å². The maximum Gasteiger partial charge on any atom is 0.276 e. The zero-order valence-electron chi connectivity index (χ0n) is 9.13. The fraction of sp³-hybridized carbons (Fsp3) is 0.538. The van der Waals surface area contributed by atoms with Crippen LogP contribution in [0, 0.1) is 5.92 Å². The average molecular weight is 226 g/mol. The van der Waals surface area contributed by atoms with Crippen LogP contribution in [-0.2, 0) is 12.3 Å². The summed E-state index contributed by atoms with van der Waals surface area (Å²) >= 11 is 0. The highest BCUT2D eigenvalue weighted by molar-refractivity contribution is 5.28. The summed E-state index contributed by atoms with van der Waals surface area (Å²) in [5.74, 6) is -3.13. The van der Waals surface area contributed by atoms with E-state index in [4.69, 9.17) is 5.11 Å². The zero-order valence-corrected chi connectivity index (χ0v) is 9.13. The molecule has 0 unspecified atom stereocenters. The van der Waals surface area contributed by atoms with Crippen LogP contribution in [0.5, 0.6) is 0 Å². The van der Waals surface area contributed by atoms with E-state index in [1.165, 1.54) is 6.07 Å². The Kier molecular flexibility index (Phi) is 3.24. The molecule has 1 aliphatic carbocycles. The summed E-state index contributed by atoms with van der Waals surface area (Å²) in [5, 5.41) is 8.71. The Morgan fingerprint density at radius 2 is 2.06 bits per heavy atom. The average Bonchev–Trinajstić information content (AvgIpc) is 3.11. The van der Waals surface area contributed by atoms with Gasteiger partial charge in [0.05, 0.1) is 0 Å². The molecule has 1 saturated carbocycles. The Balaban J connectivity index is 2.14. The fourth-order valence-corrected chi connectivity index (χ4v) is 1.90. The van der Waals surface area contributed by atoms with Gasteiger partial charge in [-0.25, -0.2) is 8.78 Å². The second-order valence-corrected chi connectivity index (χ2v) is 4.42. The molecule has 0 heterocycles. The molecule has 1 nitrogen and oxygen atoms in total. The van der Waals surface area contributed by atoms with Gasteiger partial charge >= 0.3 is 0 Å². The second-order valence-electron chi connectivity index (χ2n) is 4.42. The van der Waals surface area contributed by atoms with Gasteiger partial charge in [-0.1, -0.05) is 18.2 Å². The minimum Gasteiger partial charge on any atom is -0.396 e. The van der Waals surface area contributed by atoms with Crippen molar-refractivity contribution in [1.82, 2.24) is 0 Å². The monoisotopic (exact) mass is 226 g/mol. The first kappa shape index (κ1) is 11.5. The summed E-state index contributed by atoms with van der Waals surface area (Å²) in [4.78, 5) is 0. The number of hydrogen-bond donors (Lipinski definition) is 1. The van der Waals surface area contributed by atoms with Crippen molar-refractivity contribution in [1.29, 1.82) is 0 Å². The van der Waals surface area contributed by atoms with E-state index < -0.39 is 11.8 Å². The number of aliphatic hydroxyl groups excluding tert-OH is 1. The largest absolute Gasteiger partial charge is 0.396 e. The lowest BCUT2D eigenvalue weighted by Gasteiger charge is -2.16. The molecule has 0 aromatic heterocycles. The van der Waals surface area contributed by atoms with Gasteiger partial charge in [0, 0.05) is 18.1 Å². The first-order valence-corrected chi connectivity index (χ1v) is 5.72. The molecule has 0 amide bonds. The standard InChI is InChI=1S/C13H16F2O/c14-13(15,11-6-7-11)12-5-1-3-10(9-12)4-2-8-16/h1,3,5,9,11,16H,2,4,6-8H2. The summed E-state index contributed by atoms with van der Waals surface area (Å²) in [6, 6.07) is 6.59. The quantitative estimate of drug-likeness (QED) is 0.817. The smallest absolute Gasteiger partial charge is 0.276 e. The van der Waals surface area contributed by atoms with Crippen molar-refractivity contribution in [2.24, 2.45) is 5.92 Å². The predicted molar refractivity (Wildman–Crippen MR) is 58.5 cm³/mol. The lowest BCUT2D eigenvalue weighted by molar-refractivity contribution is -0.0286. The highest BCUT2D eigenvalue weighted by atomic mass is 19.3. The molecular formula is C13H16F2O. The Labute approximate surface area is 94.1 Å². The molecule has 1 aromatic carbocycles. The van der Waals surface area contributed by atoms with Crippen LogP contribution in [0.2, 0.25) is 0 Å². The maximum absolute atomic E-state index is 13.8. The predicted octanol–water partition coefficient (Wildman–Crippen LogP) is 3.11. The first-order valence-electron chi connectivity index (χ1n) is 5.72. The van der Waals surface area contributed by atoms with Crippen LogP contribution in [0.25, 0.3) is 0 Å². The van der Waals surface area contributed by atoms with Crippen LogP contribution in [0.1, 0.15) is 30.4 Å². The molecule has 0 radical (unpaired) electrons. The van der Waals surface area contributed by atoms with Crippen molar-refractivity contribution < 1.29 is 13.9 Å². The number of hydrogen-bond acceptors (Lipinski definition) is 1. The second kappa shape index (κ2) is 4.50. The van der Waals surface area contributed by atoms with Gasteiger partial charge in [-0.3, -0.25) is 0 Å². The van der Waals surface area contributed by atoms with E-state index in [0.717, 1.165) is 5.56 Å². The van der Waals surface area contributed by atoms with Crippen molar-refractivity contribution in [3.05, 3.63) is 35.4 Å². The van der Waals surface area contributed by atoms with E-state index >= 15 is 0 Å². The molecule has 1 N–H and O–H groups in total. The van der Waals surface area contributed by atoms with Crippen molar-refractivity contribution >= 4 is 0 Å². The van der Waals surface area contributed by atoms with E-state index in [2.05, 4.69) is 0 Å². The van der Waals surface area contributed by atoms with Crippen LogP contribution in [0.3, 0.4) is 0 Å². The number of alkyl halides is 2. The van der Waals surface area contributed by atoms with E-state index in [1.54, 1.807) is 12.1 Å². The molecular weight excluding hydrogens is 210 g/mol. The number of aryl methyl sites for hydroxylation is 1. The Hall–Kier alpha value is -0.960. The normalized spacial score (nSPS) is 16.4. The van der Waals surface area contributed by atoms with Crippen LogP contribution in [0.4, 0.5) is 8.78 Å². The number of benzene rings is 1. The third-order valence-corrected chi connectivity index (χ3v) is 3.03. The lowest BCUT2D eigenvalue weighted by atomic mass is 10.00. The summed E-state index contributed by atoms with van der Waals surface area (Å²) in [6.07, 6.45) is 2.55. The highest BCUT2D eigenvalue weighted by Gasteiger charge is 2.47. The molecule has 3 heteroatoms. The zero-order chi connectivity index (χ0) is 11.6. The minimum atomic E-state index is -2.67. The van der Waals surface area contributed by atoms with Gasteiger partial charge in [-0.2, -0.15) is 0 Å². The minimum absolute atomic E-state index is 0.100. The van der Waals surface area contributed by atoms with Gasteiger partial charge in [0.25, 0.3) is 5.92 Å².